The third kappa shape index (κ3) is 5.31. The molecule has 0 bridgehead atoms. The lowest BCUT2D eigenvalue weighted by Gasteiger charge is -2.12. The first-order valence-electron chi connectivity index (χ1n) is 11.8. The normalized spacial score (nSPS) is 11.1. The van der Waals surface area contributed by atoms with Crippen molar-refractivity contribution in [2.75, 3.05) is 13.2 Å². The highest BCUT2D eigenvalue weighted by molar-refractivity contribution is 6.30. The van der Waals surface area contributed by atoms with Gasteiger partial charge < -0.3 is 14.6 Å². The molecule has 0 spiro atoms. The van der Waals surface area contributed by atoms with Crippen LogP contribution in [0.1, 0.15) is 22.6 Å². The molecule has 1 amide bonds. The van der Waals surface area contributed by atoms with Crippen LogP contribution in [0.2, 0.25) is 5.02 Å². The average Bonchev–Trinajstić information content (AvgIpc) is 3.24. The zero-order chi connectivity index (χ0) is 24.0. The van der Waals surface area contributed by atoms with Gasteiger partial charge in [0.15, 0.2) is 0 Å². The summed E-state index contributed by atoms with van der Waals surface area (Å²) in [6.45, 7) is 1.79. The lowest BCUT2D eigenvalue weighted by molar-refractivity contribution is 0.0953. The number of fused-ring (bicyclic) bond motifs is 2. The molecule has 5 rings (SSSR count). The molecular formula is C29H26ClN3O2. The van der Waals surface area contributed by atoms with Gasteiger partial charge in [0.2, 0.25) is 0 Å². The van der Waals surface area contributed by atoms with E-state index in [2.05, 4.69) is 34.1 Å². The Morgan fingerprint density at radius 2 is 1.69 bits per heavy atom. The van der Waals surface area contributed by atoms with Gasteiger partial charge in [-0.25, -0.2) is 4.98 Å². The minimum absolute atomic E-state index is 0.0985. The largest absolute Gasteiger partial charge is 0.491 e. The number of imidazole rings is 1. The molecule has 0 fully saturated rings. The molecule has 0 aliphatic rings. The van der Waals surface area contributed by atoms with E-state index in [9.17, 15) is 4.79 Å². The number of hydrogen-bond acceptors (Lipinski definition) is 3. The highest BCUT2D eigenvalue weighted by atomic mass is 35.5. The first kappa shape index (κ1) is 22.9. The first-order valence-corrected chi connectivity index (χ1v) is 12.2. The first-order chi connectivity index (χ1) is 17.2. The second kappa shape index (κ2) is 10.6. The number of hydrogen-bond donors (Lipinski definition) is 1. The highest BCUT2D eigenvalue weighted by Crippen LogP contribution is 2.25. The van der Waals surface area contributed by atoms with E-state index in [1.54, 1.807) is 24.3 Å². The van der Waals surface area contributed by atoms with Crippen molar-refractivity contribution in [2.45, 2.75) is 19.4 Å². The molecule has 0 aliphatic heterocycles. The molecule has 0 atom stereocenters. The summed E-state index contributed by atoms with van der Waals surface area (Å²) in [5.74, 6) is 1.78. The number of nitrogens with zero attached hydrogens (tertiary/aromatic N) is 2. The molecule has 0 aliphatic carbocycles. The van der Waals surface area contributed by atoms with Crippen molar-refractivity contribution in [1.29, 1.82) is 0 Å². The number of amides is 1. The van der Waals surface area contributed by atoms with Crippen molar-refractivity contribution in [1.82, 2.24) is 14.9 Å². The second-order valence-corrected chi connectivity index (χ2v) is 8.80. The van der Waals surface area contributed by atoms with E-state index in [4.69, 9.17) is 21.3 Å². The molecule has 35 heavy (non-hydrogen) atoms. The number of benzene rings is 4. The number of carbonyl (C=O) groups is 1. The number of carbonyl (C=O) groups excluding carboxylic acids is 1. The Kier molecular flexibility index (Phi) is 6.96. The third-order valence-electron chi connectivity index (χ3n) is 6.02. The Balaban J connectivity index is 1.23. The standard InChI is InChI=1S/C29H26ClN3O2/c30-23-16-14-22(15-17-23)29(34)31-18-6-13-28-32-25-10-3-4-11-26(25)33(28)19-20-35-27-12-5-8-21-7-1-2-9-24(21)27/h1-5,7-12,14-17H,6,13,18-20H2,(H,31,34). The molecule has 5 aromatic rings. The number of para-hydroxylation sites is 2. The predicted molar refractivity (Wildman–Crippen MR) is 141 cm³/mol. The van der Waals surface area contributed by atoms with Gasteiger partial charge in [0.05, 0.1) is 17.6 Å². The van der Waals surface area contributed by atoms with Gasteiger partial charge in [-0.1, -0.05) is 60.1 Å². The number of halogens is 1. The maximum absolute atomic E-state index is 12.4. The SMILES string of the molecule is O=C(NCCCc1nc2ccccc2n1CCOc1cccc2ccccc12)c1ccc(Cl)cc1. The molecule has 0 saturated heterocycles. The molecule has 176 valence electrons. The minimum atomic E-state index is -0.0985. The van der Waals surface area contributed by atoms with Crippen LogP contribution in [0.3, 0.4) is 0 Å². The fraction of sp³-hybridized carbons (Fsp3) is 0.172. The van der Waals surface area contributed by atoms with E-state index in [1.165, 1.54) is 5.39 Å². The van der Waals surface area contributed by atoms with Crippen LogP contribution in [0, 0.1) is 0 Å². The highest BCUT2D eigenvalue weighted by Gasteiger charge is 2.12. The van der Waals surface area contributed by atoms with Crippen molar-refractivity contribution in [3.8, 4) is 5.75 Å². The second-order valence-electron chi connectivity index (χ2n) is 8.36. The van der Waals surface area contributed by atoms with Crippen molar-refractivity contribution >= 4 is 39.3 Å². The predicted octanol–water partition coefficient (Wildman–Crippen LogP) is 6.28. The molecule has 1 aromatic heterocycles. The minimum Gasteiger partial charge on any atom is -0.491 e. The Bertz CT molecular complexity index is 1460. The summed E-state index contributed by atoms with van der Waals surface area (Å²) in [4.78, 5) is 17.2. The van der Waals surface area contributed by atoms with Gasteiger partial charge in [-0.05, 0) is 54.3 Å². The quantitative estimate of drug-likeness (QED) is 0.251. The van der Waals surface area contributed by atoms with E-state index < -0.39 is 0 Å². The summed E-state index contributed by atoms with van der Waals surface area (Å²) in [7, 11) is 0. The third-order valence-corrected chi connectivity index (χ3v) is 6.28. The molecule has 0 unspecified atom stereocenters. The van der Waals surface area contributed by atoms with E-state index in [1.807, 2.05) is 42.5 Å². The topological polar surface area (TPSA) is 56.2 Å². The molecular weight excluding hydrogens is 458 g/mol. The van der Waals surface area contributed by atoms with Gasteiger partial charge in [-0.15, -0.1) is 0 Å². The van der Waals surface area contributed by atoms with E-state index in [0.717, 1.165) is 40.8 Å². The van der Waals surface area contributed by atoms with Crippen LogP contribution >= 0.6 is 11.6 Å². The number of aryl methyl sites for hydroxylation is 1. The summed E-state index contributed by atoms with van der Waals surface area (Å²) in [5.41, 5.74) is 2.67. The molecule has 1 N–H and O–H groups in total. The van der Waals surface area contributed by atoms with Crippen LogP contribution in [0.5, 0.6) is 5.75 Å². The van der Waals surface area contributed by atoms with Gasteiger partial charge in [0.1, 0.15) is 18.2 Å². The zero-order valence-corrected chi connectivity index (χ0v) is 20.0. The number of ether oxygens (including phenoxy) is 1. The summed E-state index contributed by atoms with van der Waals surface area (Å²) in [5, 5.41) is 5.87. The van der Waals surface area contributed by atoms with Crippen LogP contribution in [0.4, 0.5) is 0 Å². The van der Waals surface area contributed by atoms with Gasteiger partial charge >= 0.3 is 0 Å². The van der Waals surface area contributed by atoms with E-state index in [-0.39, 0.29) is 5.91 Å². The van der Waals surface area contributed by atoms with Crippen molar-refractivity contribution in [3.05, 3.63) is 107 Å². The number of aromatic nitrogens is 2. The fourth-order valence-corrected chi connectivity index (χ4v) is 4.41. The maximum Gasteiger partial charge on any atom is 0.251 e. The summed E-state index contributed by atoms with van der Waals surface area (Å²) < 4.78 is 8.42. The molecule has 4 aromatic carbocycles. The van der Waals surface area contributed by atoms with Crippen molar-refractivity contribution in [3.63, 3.8) is 0 Å². The van der Waals surface area contributed by atoms with Gasteiger partial charge in [0.25, 0.3) is 5.91 Å². The Morgan fingerprint density at radius 3 is 2.57 bits per heavy atom. The molecule has 1 heterocycles. The Labute approximate surface area is 209 Å². The molecule has 5 nitrogen and oxygen atoms in total. The van der Waals surface area contributed by atoms with E-state index in [0.29, 0.717) is 30.3 Å². The Hall–Kier alpha value is -3.83. The monoisotopic (exact) mass is 483 g/mol. The molecule has 0 saturated carbocycles. The van der Waals surface area contributed by atoms with Gasteiger partial charge in [0, 0.05) is 28.9 Å². The smallest absolute Gasteiger partial charge is 0.251 e. The number of rotatable bonds is 9. The van der Waals surface area contributed by atoms with Crippen LogP contribution in [-0.2, 0) is 13.0 Å². The fourth-order valence-electron chi connectivity index (χ4n) is 4.29. The summed E-state index contributed by atoms with van der Waals surface area (Å²) >= 11 is 5.91. The van der Waals surface area contributed by atoms with Crippen molar-refractivity contribution < 1.29 is 9.53 Å². The lowest BCUT2D eigenvalue weighted by Crippen LogP contribution is -2.25. The summed E-state index contributed by atoms with van der Waals surface area (Å²) in [6, 6.07) is 29.4. The maximum atomic E-state index is 12.4. The van der Waals surface area contributed by atoms with Crippen LogP contribution < -0.4 is 10.1 Å². The molecule has 0 radical (unpaired) electrons. The summed E-state index contributed by atoms with van der Waals surface area (Å²) in [6.07, 6.45) is 1.54. The van der Waals surface area contributed by atoms with Gasteiger partial charge in [-0.3, -0.25) is 4.79 Å². The van der Waals surface area contributed by atoms with Crippen LogP contribution in [0.15, 0.2) is 91.0 Å². The average molecular weight is 484 g/mol. The number of nitrogens with one attached hydrogen (secondary N) is 1. The van der Waals surface area contributed by atoms with Gasteiger partial charge in [-0.2, -0.15) is 0 Å². The van der Waals surface area contributed by atoms with E-state index >= 15 is 0 Å². The van der Waals surface area contributed by atoms with Crippen LogP contribution in [-0.4, -0.2) is 28.6 Å². The van der Waals surface area contributed by atoms with Crippen molar-refractivity contribution in [2.24, 2.45) is 0 Å². The molecule has 6 heteroatoms. The van der Waals surface area contributed by atoms with Crippen LogP contribution in [0.25, 0.3) is 21.8 Å². The Morgan fingerprint density at radius 1 is 0.914 bits per heavy atom. The zero-order valence-electron chi connectivity index (χ0n) is 19.3. The lowest BCUT2D eigenvalue weighted by atomic mass is 10.1.